The standard InChI is InChI=1S/C17H23N3O4S/c1-17(2,3)13-6-4-5-7-14(13)25(23,24)19-8-9-20-12(11-19)10-18-15(21)16(20)22/h4-7,12H,8-11H2,1-3H3,(H,18,21). The number of sulfonamides is 1. The third-order valence-electron chi connectivity index (χ3n) is 4.71. The molecule has 0 saturated carbocycles. The van der Waals surface area contributed by atoms with Gasteiger partial charge in [0.05, 0.1) is 10.9 Å². The first kappa shape index (κ1) is 17.9. The van der Waals surface area contributed by atoms with Crippen molar-refractivity contribution in [1.29, 1.82) is 0 Å². The van der Waals surface area contributed by atoms with E-state index < -0.39 is 21.8 Å². The topological polar surface area (TPSA) is 86.8 Å². The van der Waals surface area contributed by atoms with Crippen molar-refractivity contribution in [2.24, 2.45) is 0 Å². The minimum absolute atomic E-state index is 0.187. The maximum atomic E-state index is 13.2. The molecular weight excluding hydrogens is 342 g/mol. The van der Waals surface area contributed by atoms with Gasteiger partial charge in [-0.2, -0.15) is 4.31 Å². The van der Waals surface area contributed by atoms with Gasteiger partial charge >= 0.3 is 11.8 Å². The molecule has 8 heteroatoms. The van der Waals surface area contributed by atoms with E-state index in [1.165, 1.54) is 9.21 Å². The smallest absolute Gasteiger partial charge is 0.312 e. The van der Waals surface area contributed by atoms with Gasteiger partial charge in [-0.15, -0.1) is 0 Å². The van der Waals surface area contributed by atoms with Crippen molar-refractivity contribution >= 4 is 21.8 Å². The van der Waals surface area contributed by atoms with Crippen LogP contribution in [0.2, 0.25) is 0 Å². The van der Waals surface area contributed by atoms with Crippen molar-refractivity contribution in [2.75, 3.05) is 26.2 Å². The molecular formula is C17H23N3O4S. The number of benzene rings is 1. The van der Waals surface area contributed by atoms with Crippen LogP contribution in [0.4, 0.5) is 0 Å². The number of fused-ring (bicyclic) bond motifs is 1. The first-order valence-electron chi connectivity index (χ1n) is 8.31. The van der Waals surface area contributed by atoms with E-state index >= 15 is 0 Å². The zero-order chi connectivity index (χ0) is 18.4. The third kappa shape index (κ3) is 3.16. The number of nitrogens with one attached hydrogen (secondary N) is 1. The summed E-state index contributed by atoms with van der Waals surface area (Å²) in [5.74, 6) is -1.20. The van der Waals surface area contributed by atoms with Gasteiger partial charge in [0, 0.05) is 26.2 Å². The molecule has 0 aliphatic carbocycles. The predicted octanol–water partition coefficient (Wildman–Crippen LogP) is 0.315. The van der Waals surface area contributed by atoms with Crippen molar-refractivity contribution in [1.82, 2.24) is 14.5 Å². The molecule has 2 saturated heterocycles. The summed E-state index contributed by atoms with van der Waals surface area (Å²) in [6.45, 7) is 6.83. The Balaban J connectivity index is 1.91. The summed E-state index contributed by atoms with van der Waals surface area (Å²) < 4.78 is 27.8. The molecule has 3 rings (SSSR count). The molecule has 2 aliphatic heterocycles. The molecule has 0 spiro atoms. The van der Waals surface area contributed by atoms with Crippen LogP contribution in [0, 0.1) is 0 Å². The SMILES string of the molecule is CC(C)(C)c1ccccc1S(=O)(=O)N1CCN2C(=O)C(=O)NCC2C1. The number of piperazine rings is 2. The fourth-order valence-electron chi connectivity index (χ4n) is 3.35. The van der Waals surface area contributed by atoms with Crippen molar-refractivity contribution < 1.29 is 18.0 Å². The lowest BCUT2D eigenvalue weighted by atomic mass is 9.87. The lowest BCUT2D eigenvalue weighted by Gasteiger charge is -2.43. The second-order valence-corrected chi connectivity index (χ2v) is 9.38. The van der Waals surface area contributed by atoms with Crippen LogP contribution in [0.3, 0.4) is 0 Å². The first-order chi connectivity index (χ1) is 11.6. The van der Waals surface area contributed by atoms with Gasteiger partial charge in [-0.05, 0) is 17.0 Å². The number of nitrogens with zero attached hydrogens (tertiary/aromatic N) is 2. The predicted molar refractivity (Wildman–Crippen MR) is 92.4 cm³/mol. The van der Waals surface area contributed by atoms with Crippen molar-refractivity contribution in [3.63, 3.8) is 0 Å². The largest absolute Gasteiger partial charge is 0.346 e. The maximum absolute atomic E-state index is 13.2. The van der Waals surface area contributed by atoms with Crippen molar-refractivity contribution in [3.05, 3.63) is 29.8 Å². The summed E-state index contributed by atoms with van der Waals surface area (Å²) in [5.41, 5.74) is 0.464. The molecule has 1 N–H and O–H groups in total. The highest BCUT2D eigenvalue weighted by atomic mass is 32.2. The van der Waals surface area contributed by atoms with Gasteiger partial charge in [0.1, 0.15) is 0 Å². The Kier molecular flexibility index (Phi) is 4.36. The second kappa shape index (κ2) is 6.10. The van der Waals surface area contributed by atoms with Crippen molar-refractivity contribution in [3.8, 4) is 0 Å². The van der Waals surface area contributed by atoms with E-state index in [0.717, 1.165) is 5.56 Å². The molecule has 2 heterocycles. The van der Waals surface area contributed by atoms with E-state index in [9.17, 15) is 18.0 Å². The number of amides is 2. The number of hydrogen-bond acceptors (Lipinski definition) is 4. The molecule has 1 atom stereocenters. The van der Waals surface area contributed by atoms with Gasteiger partial charge in [0.15, 0.2) is 0 Å². The number of hydrogen-bond donors (Lipinski definition) is 1. The Morgan fingerprint density at radius 2 is 1.80 bits per heavy atom. The van der Waals surface area contributed by atoms with E-state index in [1.807, 2.05) is 32.9 Å². The molecule has 2 aliphatic rings. The van der Waals surface area contributed by atoms with Crippen LogP contribution in [0.5, 0.6) is 0 Å². The van der Waals surface area contributed by atoms with E-state index in [0.29, 0.717) is 4.90 Å². The second-order valence-electron chi connectivity index (χ2n) is 7.47. The van der Waals surface area contributed by atoms with E-state index in [2.05, 4.69) is 5.32 Å². The fourth-order valence-corrected chi connectivity index (χ4v) is 5.23. The minimum Gasteiger partial charge on any atom is -0.346 e. The first-order valence-corrected chi connectivity index (χ1v) is 9.75. The van der Waals surface area contributed by atoms with Crippen LogP contribution in [-0.4, -0.2) is 61.7 Å². The molecule has 1 aromatic carbocycles. The lowest BCUT2D eigenvalue weighted by molar-refractivity contribution is -0.151. The summed E-state index contributed by atoms with van der Waals surface area (Å²) in [6.07, 6.45) is 0. The summed E-state index contributed by atoms with van der Waals surface area (Å²) in [4.78, 5) is 25.2. The molecule has 7 nitrogen and oxygen atoms in total. The van der Waals surface area contributed by atoms with E-state index in [1.54, 1.807) is 12.1 Å². The van der Waals surface area contributed by atoms with Gasteiger partial charge in [-0.1, -0.05) is 39.0 Å². The third-order valence-corrected chi connectivity index (χ3v) is 6.63. The molecule has 2 fully saturated rings. The van der Waals surface area contributed by atoms with Gasteiger partial charge in [-0.3, -0.25) is 9.59 Å². The van der Waals surface area contributed by atoms with Crippen LogP contribution in [0.15, 0.2) is 29.2 Å². The lowest BCUT2D eigenvalue weighted by Crippen LogP contribution is -2.65. The molecule has 0 radical (unpaired) electrons. The monoisotopic (exact) mass is 365 g/mol. The Morgan fingerprint density at radius 1 is 1.12 bits per heavy atom. The van der Waals surface area contributed by atoms with Crippen LogP contribution in [0.1, 0.15) is 26.3 Å². The maximum Gasteiger partial charge on any atom is 0.312 e. The average molecular weight is 365 g/mol. The molecule has 0 bridgehead atoms. The fraction of sp³-hybridized carbons (Fsp3) is 0.529. The molecule has 2 amide bonds. The highest BCUT2D eigenvalue weighted by Gasteiger charge is 2.41. The highest BCUT2D eigenvalue weighted by molar-refractivity contribution is 7.89. The zero-order valence-electron chi connectivity index (χ0n) is 14.7. The van der Waals surface area contributed by atoms with E-state index in [-0.39, 0.29) is 37.6 Å². The van der Waals surface area contributed by atoms with E-state index in [4.69, 9.17) is 0 Å². The Morgan fingerprint density at radius 3 is 2.48 bits per heavy atom. The Labute approximate surface area is 148 Å². The molecule has 1 aromatic rings. The Hall–Kier alpha value is -1.93. The number of rotatable bonds is 2. The van der Waals surface area contributed by atoms with Crippen LogP contribution in [0.25, 0.3) is 0 Å². The number of carbonyl (C=O) groups excluding carboxylic acids is 2. The van der Waals surface area contributed by atoms with Gasteiger partial charge in [0.2, 0.25) is 10.0 Å². The number of carbonyl (C=O) groups is 2. The summed E-state index contributed by atoms with van der Waals surface area (Å²) >= 11 is 0. The van der Waals surface area contributed by atoms with Gasteiger partial charge in [-0.25, -0.2) is 8.42 Å². The quantitative estimate of drug-likeness (QED) is 0.765. The zero-order valence-corrected chi connectivity index (χ0v) is 15.5. The molecule has 0 aromatic heterocycles. The van der Waals surface area contributed by atoms with Crippen molar-refractivity contribution in [2.45, 2.75) is 37.1 Å². The molecule has 136 valence electrons. The minimum atomic E-state index is -3.67. The highest BCUT2D eigenvalue weighted by Crippen LogP contribution is 2.31. The summed E-state index contributed by atoms with van der Waals surface area (Å²) in [7, 11) is -3.67. The van der Waals surface area contributed by atoms with Gasteiger partial charge in [0.25, 0.3) is 0 Å². The average Bonchev–Trinajstić information content (AvgIpc) is 2.57. The van der Waals surface area contributed by atoms with Gasteiger partial charge < -0.3 is 10.2 Å². The summed E-state index contributed by atoms with van der Waals surface area (Å²) in [6, 6.07) is 6.72. The summed E-state index contributed by atoms with van der Waals surface area (Å²) in [5, 5.41) is 2.53. The van der Waals surface area contributed by atoms with Crippen LogP contribution in [-0.2, 0) is 25.0 Å². The molecule has 1 unspecified atom stereocenters. The van der Waals surface area contributed by atoms with Crippen LogP contribution >= 0.6 is 0 Å². The Bertz CT molecular complexity index is 813. The normalized spacial score (nSPS) is 22.5. The van der Waals surface area contributed by atoms with Crippen LogP contribution < -0.4 is 5.32 Å². The molecule has 25 heavy (non-hydrogen) atoms.